The van der Waals surface area contributed by atoms with Gasteiger partial charge in [-0.2, -0.15) is 0 Å². The van der Waals surface area contributed by atoms with Crippen LogP contribution in [0.5, 0.6) is 0 Å². The minimum atomic E-state index is -0.806. The molecule has 9 heteroatoms. The van der Waals surface area contributed by atoms with Crippen molar-refractivity contribution in [2.45, 2.75) is 19.4 Å². The molecule has 0 aliphatic carbocycles. The Morgan fingerprint density at radius 1 is 1.10 bits per heavy atom. The summed E-state index contributed by atoms with van der Waals surface area (Å²) >= 11 is 6.08. The lowest BCUT2D eigenvalue weighted by Crippen LogP contribution is -2.43. The summed E-state index contributed by atoms with van der Waals surface area (Å²) in [5.74, 6) is -1.09. The van der Waals surface area contributed by atoms with Crippen LogP contribution in [0.25, 0.3) is 16.6 Å². The second-order valence-electron chi connectivity index (χ2n) is 7.52. The molecule has 0 saturated carbocycles. The SMILES string of the molecule is O=C(Cn1c(=O)n(-c2ccccc2F)c(=O)c2ccc(Cl)cc21)NCCN1CCCC1. The molecule has 2 aromatic carbocycles. The molecule has 1 saturated heterocycles. The third-order valence-corrected chi connectivity index (χ3v) is 5.69. The van der Waals surface area contributed by atoms with Gasteiger partial charge in [0.1, 0.15) is 12.4 Å². The lowest BCUT2D eigenvalue weighted by Gasteiger charge is -2.16. The monoisotopic (exact) mass is 444 g/mol. The van der Waals surface area contributed by atoms with Crippen LogP contribution in [0, 0.1) is 5.82 Å². The van der Waals surface area contributed by atoms with Crippen LogP contribution in [0.1, 0.15) is 12.8 Å². The van der Waals surface area contributed by atoms with E-state index >= 15 is 0 Å². The van der Waals surface area contributed by atoms with Gasteiger partial charge in [0.05, 0.1) is 16.6 Å². The molecular weight excluding hydrogens is 423 g/mol. The molecule has 0 spiro atoms. The molecule has 1 fully saturated rings. The first-order chi connectivity index (χ1) is 15.0. The van der Waals surface area contributed by atoms with Gasteiger partial charge in [-0.05, 0) is 56.3 Å². The lowest BCUT2D eigenvalue weighted by molar-refractivity contribution is -0.121. The van der Waals surface area contributed by atoms with Gasteiger partial charge in [-0.15, -0.1) is 0 Å². The highest BCUT2D eigenvalue weighted by Crippen LogP contribution is 2.17. The normalized spacial score (nSPS) is 14.3. The maximum Gasteiger partial charge on any atom is 0.336 e. The molecule has 162 valence electrons. The number of nitrogens with zero attached hydrogens (tertiary/aromatic N) is 3. The standard InChI is InChI=1S/C22H22ClFN4O3/c23-15-7-8-16-19(13-15)27(14-20(29)25-9-12-26-10-3-4-11-26)22(31)28(21(16)30)18-6-2-1-5-17(18)24/h1-2,5-8,13H,3-4,9-12,14H2,(H,25,29). The number of likely N-dealkylation sites (tertiary alicyclic amines) is 1. The highest BCUT2D eigenvalue weighted by Gasteiger charge is 2.19. The summed E-state index contributed by atoms with van der Waals surface area (Å²) in [6, 6.07) is 9.97. The van der Waals surface area contributed by atoms with E-state index in [1.807, 2.05) is 0 Å². The first-order valence-corrected chi connectivity index (χ1v) is 10.5. The number of rotatable bonds is 6. The summed E-state index contributed by atoms with van der Waals surface area (Å²) in [6.45, 7) is 2.92. The quantitative estimate of drug-likeness (QED) is 0.632. The van der Waals surface area contributed by atoms with E-state index in [1.54, 1.807) is 0 Å². The van der Waals surface area contributed by atoms with Gasteiger partial charge in [0.25, 0.3) is 5.56 Å². The van der Waals surface area contributed by atoms with Gasteiger partial charge in [0, 0.05) is 18.1 Å². The maximum atomic E-state index is 14.4. The molecule has 7 nitrogen and oxygen atoms in total. The van der Waals surface area contributed by atoms with Gasteiger partial charge < -0.3 is 10.2 Å². The van der Waals surface area contributed by atoms with Crippen molar-refractivity contribution in [1.29, 1.82) is 0 Å². The molecule has 4 rings (SSSR count). The van der Waals surface area contributed by atoms with Crippen molar-refractivity contribution in [2.24, 2.45) is 0 Å². The van der Waals surface area contributed by atoms with Crippen LogP contribution in [0.4, 0.5) is 4.39 Å². The first-order valence-electron chi connectivity index (χ1n) is 10.1. The minimum Gasteiger partial charge on any atom is -0.353 e. The summed E-state index contributed by atoms with van der Waals surface area (Å²) < 4.78 is 16.3. The summed E-state index contributed by atoms with van der Waals surface area (Å²) in [5.41, 5.74) is -1.42. The number of carbonyl (C=O) groups excluding carboxylic acids is 1. The van der Waals surface area contributed by atoms with Crippen molar-refractivity contribution >= 4 is 28.4 Å². The first kappa shape index (κ1) is 21.3. The molecule has 0 radical (unpaired) electrons. The van der Waals surface area contributed by atoms with Crippen molar-refractivity contribution in [3.05, 3.63) is 74.1 Å². The lowest BCUT2D eigenvalue weighted by atomic mass is 10.2. The third-order valence-electron chi connectivity index (χ3n) is 5.45. The van der Waals surface area contributed by atoms with E-state index in [9.17, 15) is 18.8 Å². The van der Waals surface area contributed by atoms with Crippen molar-refractivity contribution in [3.63, 3.8) is 0 Å². The topological polar surface area (TPSA) is 76.3 Å². The molecule has 1 aliphatic rings. The zero-order chi connectivity index (χ0) is 22.0. The maximum absolute atomic E-state index is 14.4. The van der Waals surface area contributed by atoms with Crippen LogP contribution < -0.4 is 16.6 Å². The van der Waals surface area contributed by atoms with Gasteiger partial charge >= 0.3 is 5.69 Å². The second kappa shape index (κ2) is 9.03. The Bertz CT molecular complexity index is 1250. The van der Waals surface area contributed by atoms with Gasteiger partial charge in [-0.3, -0.25) is 14.2 Å². The van der Waals surface area contributed by atoms with Crippen LogP contribution in [-0.2, 0) is 11.3 Å². The fourth-order valence-corrected chi connectivity index (χ4v) is 4.06. The Hall–Kier alpha value is -2.97. The average Bonchev–Trinajstić information content (AvgIpc) is 3.26. The molecular formula is C22H22ClFN4O3. The molecule has 31 heavy (non-hydrogen) atoms. The molecule has 1 amide bonds. The molecule has 1 N–H and O–H groups in total. The predicted molar refractivity (Wildman–Crippen MR) is 117 cm³/mol. The van der Waals surface area contributed by atoms with E-state index in [0.717, 1.165) is 41.6 Å². The molecule has 0 atom stereocenters. The number of aromatic nitrogens is 2. The summed E-state index contributed by atoms with van der Waals surface area (Å²) in [5, 5.41) is 3.30. The van der Waals surface area contributed by atoms with Crippen LogP contribution in [0.3, 0.4) is 0 Å². The van der Waals surface area contributed by atoms with Crippen molar-refractivity contribution in [2.75, 3.05) is 26.2 Å². The van der Waals surface area contributed by atoms with E-state index in [2.05, 4.69) is 10.2 Å². The van der Waals surface area contributed by atoms with Gasteiger partial charge in [-0.1, -0.05) is 23.7 Å². The van der Waals surface area contributed by atoms with E-state index < -0.39 is 17.1 Å². The Morgan fingerprint density at radius 3 is 2.58 bits per heavy atom. The van der Waals surface area contributed by atoms with E-state index in [-0.39, 0.29) is 29.0 Å². The number of nitrogens with one attached hydrogen (secondary N) is 1. The zero-order valence-corrected chi connectivity index (χ0v) is 17.6. The number of hydrogen-bond acceptors (Lipinski definition) is 4. The summed E-state index contributed by atoms with van der Waals surface area (Å²) in [4.78, 5) is 41.1. The molecule has 2 heterocycles. The number of fused-ring (bicyclic) bond motifs is 1. The molecule has 1 aromatic heterocycles. The molecule has 1 aliphatic heterocycles. The number of halogens is 2. The summed E-state index contributed by atoms with van der Waals surface area (Å²) in [6.07, 6.45) is 2.32. The Balaban J connectivity index is 1.72. The number of amides is 1. The van der Waals surface area contributed by atoms with E-state index in [0.29, 0.717) is 11.6 Å². The Kier molecular flexibility index (Phi) is 6.20. The van der Waals surface area contributed by atoms with Crippen molar-refractivity contribution in [3.8, 4) is 5.69 Å². The van der Waals surface area contributed by atoms with Crippen LogP contribution in [0.15, 0.2) is 52.1 Å². The number of carbonyl (C=O) groups is 1. The Morgan fingerprint density at radius 2 is 1.84 bits per heavy atom. The summed E-state index contributed by atoms with van der Waals surface area (Å²) in [7, 11) is 0. The molecule has 0 bridgehead atoms. The van der Waals surface area contributed by atoms with Crippen molar-refractivity contribution < 1.29 is 9.18 Å². The van der Waals surface area contributed by atoms with Gasteiger partial charge in [0.15, 0.2) is 0 Å². The third kappa shape index (κ3) is 4.40. The number of para-hydroxylation sites is 1. The van der Waals surface area contributed by atoms with Gasteiger partial charge in [-0.25, -0.2) is 13.8 Å². The second-order valence-corrected chi connectivity index (χ2v) is 7.96. The fraction of sp³-hybridized carbons (Fsp3) is 0.318. The van der Waals surface area contributed by atoms with Crippen molar-refractivity contribution in [1.82, 2.24) is 19.4 Å². The van der Waals surface area contributed by atoms with Crippen LogP contribution in [-0.4, -0.2) is 46.1 Å². The number of hydrogen-bond donors (Lipinski definition) is 1. The Labute approximate surface area is 182 Å². The number of benzene rings is 2. The highest BCUT2D eigenvalue weighted by molar-refractivity contribution is 6.31. The van der Waals surface area contributed by atoms with Crippen LogP contribution in [0.2, 0.25) is 5.02 Å². The largest absolute Gasteiger partial charge is 0.353 e. The average molecular weight is 445 g/mol. The van der Waals surface area contributed by atoms with E-state index in [4.69, 9.17) is 11.6 Å². The van der Waals surface area contributed by atoms with E-state index in [1.165, 1.54) is 42.5 Å². The smallest absolute Gasteiger partial charge is 0.336 e. The minimum absolute atomic E-state index is 0.164. The fourth-order valence-electron chi connectivity index (χ4n) is 3.90. The molecule has 0 unspecified atom stereocenters. The van der Waals surface area contributed by atoms with Crippen LogP contribution >= 0.6 is 11.6 Å². The zero-order valence-electron chi connectivity index (χ0n) is 16.8. The highest BCUT2D eigenvalue weighted by atomic mass is 35.5. The molecule has 3 aromatic rings. The predicted octanol–water partition coefficient (Wildman–Crippen LogP) is 2.16. The van der Waals surface area contributed by atoms with Gasteiger partial charge in [0.2, 0.25) is 5.91 Å².